The fourth-order valence-electron chi connectivity index (χ4n) is 2.54. The molecule has 0 aliphatic carbocycles. The SMILES string of the molecule is O=C(O)CCNC(=O)C(=Cc1ccc2c(c1)OCO2)NC(=O)c1ccccc1Br. The number of aliphatic carboxylic acids is 1. The van der Waals surface area contributed by atoms with Gasteiger partial charge in [-0.3, -0.25) is 14.4 Å². The molecule has 1 aliphatic heterocycles. The van der Waals surface area contributed by atoms with Crippen molar-refractivity contribution in [1.29, 1.82) is 0 Å². The summed E-state index contributed by atoms with van der Waals surface area (Å²) in [5.74, 6) is -1.01. The molecule has 3 rings (SSSR count). The molecule has 0 saturated heterocycles. The van der Waals surface area contributed by atoms with E-state index in [2.05, 4.69) is 26.6 Å². The number of ether oxygens (including phenoxy) is 2. The summed E-state index contributed by atoms with van der Waals surface area (Å²) in [5, 5.41) is 13.8. The molecule has 29 heavy (non-hydrogen) atoms. The van der Waals surface area contributed by atoms with E-state index in [1.165, 1.54) is 6.08 Å². The van der Waals surface area contributed by atoms with Crippen molar-refractivity contribution in [3.63, 3.8) is 0 Å². The summed E-state index contributed by atoms with van der Waals surface area (Å²) in [6.07, 6.45) is 1.24. The summed E-state index contributed by atoms with van der Waals surface area (Å²) in [5.41, 5.74) is 0.919. The molecule has 150 valence electrons. The number of carbonyl (C=O) groups excluding carboxylic acids is 2. The minimum absolute atomic E-state index is 0.0324. The molecule has 0 saturated carbocycles. The molecular formula is C20H17BrN2O6. The minimum atomic E-state index is -1.04. The van der Waals surface area contributed by atoms with Crippen LogP contribution >= 0.6 is 15.9 Å². The highest BCUT2D eigenvalue weighted by atomic mass is 79.9. The molecule has 3 N–H and O–H groups in total. The van der Waals surface area contributed by atoms with Gasteiger partial charge in [0.2, 0.25) is 6.79 Å². The van der Waals surface area contributed by atoms with Crippen molar-refractivity contribution in [3.05, 3.63) is 63.8 Å². The van der Waals surface area contributed by atoms with Crippen LogP contribution in [0.25, 0.3) is 6.08 Å². The summed E-state index contributed by atoms with van der Waals surface area (Å²) >= 11 is 3.31. The van der Waals surface area contributed by atoms with E-state index in [0.29, 0.717) is 27.1 Å². The molecule has 9 heteroatoms. The van der Waals surface area contributed by atoms with Gasteiger partial charge in [0.05, 0.1) is 12.0 Å². The molecule has 0 fully saturated rings. The van der Waals surface area contributed by atoms with E-state index in [1.54, 1.807) is 42.5 Å². The second-order valence-electron chi connectivity index (χ2n) is 6.00. The van der Waals surface area contributed by atoms with Gasteiger partial charge in [-0.2, -0.15) is 0 Å². The van der Waals surface area contributed by atoms with Gasteiger partial charge in [-0.15, -0.1) is 0 Å². The molecule has 0 spiro atoms. The van der Waals surface area contributed by atoms with Gasteiger partial charge < -0.3 is 25.2 Å². The Balaban J connectivity index is 1.84. The van der Waals surface area contributed by atoms with Crippen LogP contribution in [-0.4, -0.2) is 36.2 Å². The van der Waals surface area contributed by atoms with E-state index in [9.17, 15) is 14.4 Å². The Morgan fingerprint density at radius 2 is 1.86 bits per heavy atom. The monoisotopic (exact) mass is 460 g/mol. The van der Waals surface area contributed by atoms with E-state index in [-0.39, 0.29) is 25.5 Å². The Morgan fingerprint density at radius 3 is 2.62 bits per heavy atom. The van der Waals surface area contributed by atoms with Crippen molar-refractivity contribution in [2.75, 3.05) is 13.3 Å². The van der Waals surface area contributed by atoms with Gasteiger partial charge >= 0.3 is 5.97 Å². The van der Waals surface area contributed by atoms with Crippen LogP contribution in [0.5, 0.6) is 11.5 Å². The number of benzene rings is 2. The third-order valence-electron chi connectivity index (χ3n) is 3.94. The molecule has 0 atom stereocenters. The first-order valence-electron chi connectivity index (χ1n) is 8.61. The normalized spacial score (nSPS) is 12.4. The molecule has 2 aromatic carbocycles. The molecule has 2 amide bonds. The molecule has 1 heterocycles. The predicted molar refractivity (Wildman–Crippen MR) is 107 cm³/mol. The molecular weight excluding hydrogens is 444 g/mol. The lowest BCUT2D eigenvalue weighted by atomic mass is 10.1. The van der Waals surface area contributed by atoms with Crippen molar-refractivity contribution in [2.45, 2.75) is 6.42 Å². The Labute approximate surface area is 174 Å². The maximum absolute atomic E-state index is 12.6. The highest BCUT2D eigenvalue weighted by molar-refractivity contribution is 9.10. The first-order chi connectivity index (χ1) is 13.9. The van der Waals surface area contributed by atoms with Gasteiger partial charge in [0.15, 0.2) is 11.5 Å². The second-order valence-corrected chi connectivity index (χ2v) is 6.86. The fraction of sp³-hybridized carbons (Fsp3) is 0.150. The molecule has 0 radical (unpaired) electrons. The number of nitrogens with one attached hydrogen (secondary N) is 2. The van der Waals surface area contributed by atoms with Crippen LogP contribution in [0.15, 0.2) is 52.6 Å². The van der Waals surface area contributed by atoms with Crippen LogP contribution in [0.4, 0.5) is 0 Å². The summed E-state index contributed by atoms with van der Waals surface area (Å²) in [6.45, 7) is 0.0430. The van der Waals surface area contributed by atoms with Crippen LogP contribution in [0.2, 0.25) is 0 Å². The van der Waals surface area contributed by atoms with Gasteiger partial charge in [0.1, 0.15) is 5.70 Å². The Bertz CT molecular complexity index is 989. The minimum Gasteiger partial charge on any atom is -0.481 e. The van der Waals surface area contributed by atoms with E-state index in [1.807, 2.05) is 0 Å². The fourth-order valence-corrected chi connectivity index (χ4v) is 3.01. The van der Waals surface area contributed by atoms with Gasteiger partial charge in [0.25, 0.3) is 11.8 Å². The van der Waals surface area contributed by atoms with Gasteiger partial charge in [-0.05, 0) is 51.8 Å². The zero-order chi connectivity index (χ0) is 20.8. The number of halogens is 1. The number of carboxylic acid groups (broad SMARTS) is 1. The number of rotatable bonds is 7. The zero-order valence-corrected chi connectivity index (χ0v) is 16.7. The van der Waals surface area contributed by atoms with E-state index in [4.69, 9.17) is 14.6 Å². The number of amides is 2. The Kier molecular flexibility index (Phi) is 6.50. The molecule has 8 nitrogen and oxygen atoms in total. The molecule has 2 aromatic rings. The molecule has 1 aliphatic rings. The molecule has 0 bridgehead atoms. The lowest BCUT2D eigenvalue weighted by Gasteiger charge is -2.12. The largest absolute Gasteiger partial charge is 0.481 e. The van der Waals surface area contributed by atoms with Gasteiger partial charge in [-0.1, -0.05) is 18.2 Å². The number of carboxylic acids is 1. The molecule has 0 unspecified atom stereocenters. The third kappa shape index (κ3) is 5.35. The quantitative estimate of drug-likeness (QED) is 0.547. The van der Waals surface area contributed by atoms with Crippen molar-refractivity contribution < 1.29 is 29.0 Å². The highest BCUT2D eigenvalue weighted by Crippen LogP contribution is 2.33. The zero-order valence-electron chi connectivity index (χ0n) is 15.1. The first-order valence-corrected chi connectivity index (χ1v) is 9.40. The summed E-state index contributed by atoms with van der Waals surface area (Å²) in [4.78, 5) is 35.9. The number of hydrogen-bond donors (Lipinski definition) is 3. The van der Waals surface area contributed by atoms with Crippen molar-refractivity contribution in [3.8, 4) is 11.5 Å². The number of hydrogen-bond acceptors (Lipinski definition) is 5. The van der Waals surface area contributed by atoms with E-state index in [0.717, 1.165) is 0 Å². The van der Waals surface area contributed by atoms with Gasteiger partial charge in [-0.25, -0.2) is 0 Å². The number of carbonyl (C=O) groups is 3. The lowest BCUT2D eigenvalue weighted by molar-refractivity contribution is -0.136. The molecule has 0 aromatic heterocycles. The van der Waals surface area contributed by atoms with Crippen LogP contribution in [0.3, 0.4) is 0 Å². The Morgan fingerprint density at radius 1 is 1.10 bits per heavy atom. The summed E-state index contributed by atoms with van der Waals surface area (Å²) in [6, 6.07) is 11.9. The summed E-state index contributed by atoms with van der Waals surface area (Å²) in [7, 11) is 0. The van der Waals surface area contributed by atoms with Crippen LogP contribution in [0, 0.1) is 0 Å². The maximum atomic E-state index is 12.6. The average molecular weight is 461 g/mol. The van der Waals surface area contributed by atoms with Crippen LogP contribution in [-0.2, 0) is 9.59 Å². The second kappa shape index (κ2) is 9.24. The smallest absolute Gasteiger partial charge is 0.305 e. The van der Waals surface area contributed by atoms with Crippen molar-refractivity contribution in [2.24, 2.45) is 0 Å². The predicted octanol–water partition coefficient (Wildman–Crippen LogP) is 2.54. The number of fused-ring (bicyclic) bond motifs is 1. The first kappa shape index (κ1) is 20.4. The van der Waals surface area contributed by atoms with E-state index < -0.39 is 17.8 Å². The van der Waals surface area contributed by atoms with E-state index >= 15 is 0 Å². The van der Waals surface area contributed by atoms with Gasteiger partial charge in [0, 0.05) is 11.0 Å². The average Bonchev–Trinajstić information content (AvgIpc) is 3.15. The van der Waals surface area contributed by atoms with Crippen LogP contribution in [0.1, 0.15) is 22.3 Å². The standard InChI is InChI=1S/C20H17BrN2O6/c21-14-4-2-1-3-13(14)19(26)23-15(20(27)22-8-7-18(24)25)9-12-5-6-16-17(10-12)29-11-28-16/h1-6,9-10H,7-8,11H2,(H,22,27)(H,23,26)(H,24,25). The third-order valence-corrected chi connectivity index (χ3v) is 4.63. The Hall–Kier alpha value is -3.33. The van der Waals surface area contributed by atoms with Crippen molar-refractivity contribution >= 4 is 39.8 Å². The lowest BCUT2D eigenvalue weighted by Crippen LogP contribution is -2.35. The topological polar surface area (TPSA) is 114 Å². The van der Waals surface area contributed by atoms with Crippen molar-refractivity contribution in [1.82, 2.24) is 10.6 Å². The summed E-state index contributed by atoms with van der Waals surface area (Å²) < 4.78 is 11.2. The highest BCUT2D eigenvalue weighted by Gasteiger charge is 2.18. The maximum Gasteiger partial charge on any atom is 0.305 e. The van der Waals surface area contributed by atoms with Crippen LogP contribution < -0.4 is 20.1 Å².